The number of ether oxygens (including phenoxy) is 2. The highest BCUT2D eigenvalue weighted by Crippen LogP contribution is 2.38. The summed E-state index contributed by atoms with van der Waals surface area (Å²) in [6.45, 7) is 1.22. The topological polar surface area (TPSA) is 72.8 Å². The highest BCUT2D eigenvalue weighted by atomic mass is 16.5. The lowest BCUT2D eigenvalue weighted by molar-refractivity contribution is -0.131. The van der Waals surface area contributed by atoms with Gasteiger partial charge >= 0.3 is 11.9 Å². The Labute approximate surface area is 109 Å². The molecule has 0 saturated heterocycles. The fourth-order valence-electron chi connectivity index (χ4n) is 1.82. The molecule has 0 fully saturated rings. The van der Waals surface area contributed by atoms with Crippen molar-refractivity contribution >= 4 is 22.7 Å². The van der Waals surface area contributed by atoms with E-state index in [0.29, 0.717) is 10.8 Å². The monoisotopic (exact) mass is 260 g/mol. The number of fused-ring (bicyclic) bond motifs is 1. The first kappa shape index (κ1) is 12.9. The zero-order valence-electron chi connectivity index (χ0n) is 10.5. The van der Waals surface area contributed by atoms with Crippen LogP contribution in [-0.4, -0.2) is 24.2 Å². The number of hydrogen-bond donors (Lipinski definition) is 1. The van der Waals surface area contributed by atoms with Gasteiger partial charge in [-0.15, -0.1) is 0 Å². The first-order valence-electron chi connectivity index (χ1n) is 5.56. The van der Waals surface area contributed by atoms with E-state index in [-0.39, 0.29) is 11.3 Å². The van der Waals surface area contributed by atoms with Crippen molar-refractivity contribution in [1.29, 1.82) is 0 Å². The normalized spacial score (nSPS) is 10.2. The smallest absolute Gasteiger partial charge is 0.341 e. The molecule has 2 aromatic rings. The van der Waals surface area contributed by atoms with E-state index in [1.807, 2.05) is 0 Å². The first-order valence-corrected chi connectivity index (χ1v) is 5.56. The van der Waals surface area contributed by atoms with Gasteiger partial charge in [-0.2, -0.15) is 0 Å². The molecular formula is C14H12O5. The number of methoxy groups -OCH3 is 1. The number of carbonyl (C=O) groups excluding carboxylic acids is 2. The van der Waals surface area contributed by atoms with Crippen LogP contribution in [0.2, 0.25) is 0 Å². The molecule has 0 amide bonds. The minimum atomic E-state index is -0.698. The number of aromatic hydroxyl groups is 1. The van der Waals surface area contributed by atoms with E-state index in [1.165, 1.54) is 20.1 Å². The van der Waals surface area contributed by atoms with E-state index < -0.39 is 17.7 Å². The molecule has 19 heavy (non-hydrogen) atoms. The molecule has 0 aliphatic heterocycles. The van der Waals surface area contributed by atoms with Gasteiger partial charge < -0.3 is 14.6 Å². The summed E-state index contributed by atoms with van der Waals surface area (Å²) in [5.41, 5.74) is -0.0440. The molecule has 5 heteroatoms. The molecule has 5 nitrogen and oxygen atoms in total. The van der Waals surface area contributed by atoms with Gasteiger partial charge in [-0.25, -0.2) is 4.79 Å². The number of esters is 2. The number of carbonyl (C=O) groups is 2. The van der Waals surface area contributed by atoms with Crippen LogP contribution in [0.5, 0.6) is 11.5 Å². The van der Waals surface area contributed by atoms with Crippen molar-refractivity contribution in [3.05, 3.63) is 35.9 Å². The molecule has 0 bridgehead atoms. The summed E-state index contributed by atoms with van der Waals surface area (Å²) in [5.74, 6) is -1.72. The Morgan fingerprint density at radius 2 is 1.89 bits per heavy atom. The molecule has 0 aliphatic rings. The van der Waals surface area contributed by atoms with Crippen molar-refractivity contribution in [1.82, 2.24) is 0 Å². The molecule has 0 aromatic heterocycles. The second-order valence-corrected chi connectivity index (χ2v) is 3.91. The maximum Gasteiger partial charge on any atom is 0.341 e. The first-order chi connectivity index (χ1) is 9.04. The maximum atomic E-state index is 11.6. The van der Waals surface area contributed by atoms with E-state index in [0.717, 1.165) is 0 Å². The number of phenols is 1. The molecule has 98 valence electrons. The quantitative estimate of drug-likeness (QED) is 0.662. The fourth-order valence-corrected chi connectivity index (χ4v) is 1.82. The zero-order valence-corrected chi connectivity index (χ0v) is 10.5. The van der Waals surface area contributed by atoms with Gasteiger partial charge in [-0.05, 0) is 11.5 Å². The van der Waals surface area contributed by atoms with Gasteiger partial charge in [0, 0.05) is 12.3 Å². The van der Waals surface area contributed by atoms with Gasteiger partial charge in [0.2, 0.25) is 0 Å². The van der Waals surface area contributed by atoms with Crippen LogP contribution in [0.25, 0.3) is 10.8 Å². The van der Waals surface area contributed by atoms with Crippen molar-refractivity contribution in [3.8, 4) is 11.5 Å². The van der Waals surface area contributed by atoms with Crippen LogP contribution >= 0.6 is 0 Å². The standard InChI is InChI=1S/C14H12O5/c1-8(15)19-13-10-6-4-3-5-9(10)7-11(12(13)16)14(17)18-2/h3-7,16H,1-2H3. The lowest BCUT2D eigenvalue weighted by Crippen LogP contribution is -2.06. The van der Waals surface area contributed by atoms with Crippen molar-refractivity contribution in [2.75, 3.05) is 7.11 Å². The number of rotatable bonds is 2. The van der Waals surface area contributed by atoms with Crippen LogP contribution in [0.15, 0.2) is 30.3 Å². The van der Waals surface area contributed by atoms with E-state index >= 15 is 0 Å². The third-order valence-electron chi connectivity index (χ3n) is 2.63. The van der Waals surface area contributed by atoms with Crippen LogP contribution < -0.4 is 4.74 Å². The predicted molar refractivity (Wildman–Crippen MR) is 68.3 cm³/mol. The molecule has 0 saturated carbocycles. The molecule has 0 heterocycles. The Bertz CT molecular complexity index is 660. The summed E-state index contributed by atoms with van der Waals surface area (Å²) in [6, 6.07) is 8.44. The van der Waals surface area contributed by atoms with Gasteiger partial charge in [0.05, 0.1) is 7.11 Å². The van der Waals surface area contributed by atoms with Crippen LogP contribution in [0.1, 0.15) is 17.3 Å². The highest BCUT2D eigenvalue weighted by Gasteiger charge is 2.20. The summed E-state index contributed by atoms with van der Waals surface area (Å²) in [5, 5.41) is 11.3. The van der Waals surface area contributed by atoms with Crippen LogP contribution in [0.4, 0.5) is 0 Å². The fraction of sp³-hybridized carbons (Fsp3) is 0.143. The van der Waals surface area contributed by atoms with Crippen LogP contribution in [-0.2, 0) is 9.53 Å². The minimum Gasteiger partial charge on any atom is -0.504 e. The SMILES string of the molecule is COC(=O)c1cc2ccccc2c(OC(C)=O)c1O. The summed E-state index contributed by atoms with van der Waals surface area (Å²) >= 11 is 0. The Morgan fingerprint density at radius 1 is 1.21 bits per heavy atom. The molecule has 0 radical (unpaired) electrons. The Kier molecular flexibility index (Phi) is 3.37. The summed E-state index contributed by atoms with van der Waals surface area (Å²) in [7, 11) is 1.21. The Hall–Kier alpha value is -2.56. The van der Waals surface area contributed by atoms with Gasteiger partial charge in [-0.1, -0.05) is 24.3 Å². The summed E-state index contributed by atoms with van der Waals surface area (Å²) in [6.07, 6.45) is 0. The van der Waals surface area contributed by atoms with Crippen molar-refractivity contribution in [2.45, 2.75) is 6.92 Å². The Morgan fingerprint density at radius 3 is 2.53 bits per heavy atom. The number of benzene rings is 2. The maximum absolute atomic E-state index is 11.6. The van der Waals surface area contributed by atoms with E-state index in [9.17, 15) is 14.7 Å². The molecule has 2 rings (SSSR count). The van der Waals surface area contributed by atoms with E-state index in [2.05, 4.69) is 4.74 Å². The van der Waals surface area contributed by atoms with Crippen molar-refractivity contribution in [2.24, 2.45) is 0 Å². The van der Waals surface area contributed by atoms with Crippen molar-refractivity contribution in [3.63, 3.8) is 0 Å². The average Bonchev–Trinajstić information content (AvgIpc) is 2.40. The lowest BCUT2D eigenvalue weighted by Gasteiger charge is -2.11. The second kappa shape index (κ2) is 4.97. The van der Waals surface area contributed by atoms with E-state index in [4.69, 9.17) is 4.74 Å². The number of hydrogen-bond acceptors (Lipinski definition) is 5. The molecule has 2 aromatic carbocycles. The molecular weight excluding hydrogens is 248 g/mol. The average molecular weight is 260 g/mol. The molecule has 0 aliphatic carbocycles. The number of phenolic OH excluding ortho intramolecular Hbond substituents is 1. The zero-order chi connectivity index (χ0) is 14.0. The van der Waals surface area contributed by atoms with Gasteiger partial charge in [0.1, 0.15) is 5.56 Å². The van der Waals surface area contributed by atoms with E-state index in [1.54, 1.807) is 24.3 Å². The second-order valence-electron chi connectivity index (χ2n) is 3.91. The highest BCUT2D eigenvalue weighted by molar-refractivity contribution is 6.02. The molecule has 0 spiro atoms. The molecule has 0 atom stereocenters. The molecule has 0 unspecified atom stereocenters. The lowest BCUT2D eigenvalue weighted by atomic mass is 10.0. The summed E-state index contributed by atoms with van der Waals surface area (Å²) < 4.78 is 9.58. The molecule has 1 N–H and O–H groups in total. The van der Waals surface area contributed by atoms with Crippen LogP contribution in [0.3, 0.4) is 0 Å². The largest absolute Gasteiger partial charge is 0.504 e. The van der Waals surface area contributed by atoms with Gasteiger partial charge in [0.25, 0.3) is 0 Å². The summed E-state index contributed by atoms with van der Waals surface area (Å²) in [4.78, 5) is 22.7. The van der Waals surface area contributed by atoms with Gasteiger partial charge in [-0.3, -0.25) is 4.79 Å². The third kappa shape index (κ3) is 2.35. The predicted octanol–water partition coefficient (Wildman–Crippen LogP) is 2.26. The minimum absolute atomic E-state index is 0.0361. The van der Waals surface area contributed by atoms with Gasteiger partial charge in [0.15, 0.2) is 11.5 Å². The van der Waals surface area contributed by atoms with Crippen LogP contribution in [0, 0.1) is 0 Å². The third-order valence-corrected chi connectivity index (χ3v) is 2.63. The van der Waals surface area contributed by atoms with Crippen molar-refractivity contribution < 1.29 is 24.2 Å². The Balaban J connectivity index is 2.76.